The van der Waals surface area contributed by atoms with Crippen LogP contribution in [0.1, 0.15) is 57.5 Å². The van der Waals surface area contributed by atoms with E-state index in [2.05, 4.69) is 54.8 Å². The highest BCUT2D eigenvalue weighted by atomic mass is 15.3. The lowest BCUT2D eigenvalue weighted by atomic mass is 10.2. The van der Waals surface area contributed by atoms with E-state index in [0.29, 0.717) is 12.1 Å². The molecular weight excluding hydrogens is 250 g/mol. The van der Waals surface area contributed by atoms with Crippen molar-refractivity contribution in [3.05, 3.63) is 29.7 Å². The highest BCUT2D eigenvalue weighted by Crippen LogP contribution is 2.15. The first-order valence-corrected chi connectivity index (χ1v) is 7.35. The van der Waals surface area contributed by atoms with Gasteiger partial charge >= 0.3 is 0 Å². The topological polar surface area (TPSA) is 47.7 Å². The number of hydrogen-bond acceptors (Lipinski definition) is 3. The van der Waals surface area contributed by atoms with E-state index in [1.807, 2.05) is 23.1 Å². The van der Waals surface area contributed by atoms with Crippen LogP contribution < -0.4 is 5.32 Å². The first-order valence-electron chi connectivity index (χ1n) is 7.35. The largest absolute Gasteiger partial charge is 0.364 e. The second-order valence-corrected chi connectivity index (χ2v) is 5.59. The maximum absolute atomic E-state index is 4.55. The van der Waals surface area contributed by atoms with Crippen LogP contribution in [-0.2, 0) is 6.54 Å². The van der Waals surface area contributed by atoms with E-state index >= 15 is 0 Å². The van der Waals surface area contributed by atoms with Crippen molar-refractivity contribution in [3.8, 4) is 0 Å². The maximum Gasteiger partial charge on any atom is 0.148 e. The molecule has 0 aliphatic heterocycles. The third-order valence-electron chi connectivity index (χ3n) is 3.75. The van der Waals surface area contributed by atoms with E-state index in [4.69, 9.17) is 0 Å². The molecule has 0 amide bonds. The van der Waals surface area contributed by atoms with Crippen molar-refractivity contribution >= 4 is 5.82 Å². The second kappa shape index (κ2) is 6.11. The van der Waals surface area contributed by atoms with Crippen molar-refractivity contribution in [2.24, 2.45) is 0 Å². The van der Waals surface area contributed by atoms with Gasteiger partial charge in [-0.25, -0.2) is 0 Å². The Morgan fingerprint density at radius 3 is 2.65 bits per heavy atom. The fraction of sp³-hybridized carbons (Fsp3) is 0.600. The third-order valence-corrected chi connectivity index (χ3v) is 3.75. The summed E-state index contributed by atoms with van der Waals surface area (Å²) in [5, 5.41) is 12.3. The molecule has 20 heavy (non-hydrogen) atoms. The Morgan fingerprint density at radius 1 is 1.30 bits per heavy atom. The van der Waals surface area contributed by atoms with E-state index in [1.165, 1.54) is 11.3 Å². The Bertz CT molecular complexity index is 552. The van der Waals surface area contributed by atoms with Gasteiger partial charge in [-0.1, -0.05) is 6.92 Å². The average Bonchev–Trinajstić information content (AvgIpc) is 3.02. The molecule has 5 heteroatoms. The molecule has 0 spiro atoms. The van der Waals surface area contributed by atoms with Gasteiger partial charge in [0.15, 0.2) is 0 Å². The number of rotatable bonds is 6. The van der Waals surface area contributed by atoms with Gasteiger partial charge in [-0.15, -0.1) is 0 Å². The summed E-state index contributed by atoms with van der Waals surface area (Å²) < 4.78 is 4.06. The molecule has 0 saturated carbocycles. The minimum absolute atomic E-state index is 0.397. The quantitative estimate of drug-likeness (QED) is 0.877. The molecular formula is C15H25N5. The zero-order chi connectivity index (χ0) is 14.7. The molecule has 110 valence electrons. The van der Waals surface area contributed by atoms with Crippen LogP contribution in [0.3, 0.4) is 0 Å². The third kappa shape index (κ3) is 3.03. The molecule has 2 aromatic heterocycles. The normalized spacial score (nSPS) is 12.9. The molecule has 0 saturated heterocycles. The number of anilines is 1. The number of nitrogens with zero attached hydrogens (tertiary/aromatic N) is 4. The lowest BCUT2D eigenvalue weighted by molar-refractivity contribution is 0.479. The molecule has 0 aliphatic carbocycles. The van der Waals surface area contributed by atoms with Crippen LogP contribution >= 0.6 is 0 Å². The minimum Gasteiger partial charge on any atom is -0.364 e. The molecule has 2 aromatic rings. The van der Waals surface area contributed by atoms with Gasteiger partial charge in [0.05, 0.1) is 6.20 Å². The second-order valence-electron chi connectivity index (χ2n) is 5.59. The Balaban J connectivity index is 2.00. The monoisotopic (exact) mass is 275 g/mol. The summed E-state index contributed by atoms with van der Waals surface area (Å²) in [5.41, 5.74) is 2.44. The van der Waals surface area contributed by atoms with Crippen molar-refractivity contribution in [1.82, 2.24) is 19.6 Å². The van der Waals surface area contributed by atoms with Crippen LogP contribution in [0.2, 0.25) is 0 Å². The average molecular weight is 275 g/mol. The van der Waals surface area contributed by atoms with Gasteiger partial charge in [0.1, 0.15) is 5.82 Å². The van der Waals surface area contributed by atoms with Crippen LogP contribution in [0.4, 0.5) is 5.82 Å². The standard InChI is InChI=1S/C15H25N5/c1-6-12(4)19-8-7-15(18-19)16-9-14-10-17-20(11(2)3)13(14)5/h7-8,10-12H,6,9H2,1-5H3,(H,16,18)/t12-/m0/s1. The summed E-state index contributed by atoms with van der Waals surface area (Å²) in [6.45, 7) is 11.5. The predicted octanol–water partition coefficient (Wildman–Crippen LogP) is 3.55. The smallest absolute Gasteiger partial charge is 0.148 e. The van der Waals surface area contributed by atoms with E-state index in [0.717, 1.165) is 18.8 Å². The first-order chi connectivity index (χ1) is 9.52. The SMILES string of the molecule is CC[C@H](C)n1ccc(NCc2cnn(C(C)C)c2C)n1. The van der Waals surface area contributed by atoms with Crippen LogP contribution in [-0.4, -0.2) is 19.6 Å². The first kappa shape index (κ1) is 14.6. The lowest BCUT2D eigenvalue weighted by Gasteiger charge is -2.09. The summed E-state index contributed by atoms with van der Waals surface area (Å²) in [6.07, 6.45) is 5.05. The Morgan fingerprint density at radius 2 is 2.05 bits per heavy atom. The highest BCUT2D eigenvalue weighted by Gasteiger charge is 2.09. The summed E-state index contributed by atoms with van der Waals surface area (Å²) in [4.78, 5) is 0. The van der Waals surface area contributed by atoms with Crippen LogP contribution in [0.25, 0.3) is 0 Å². The van der Waals surface area contributed by atoms with E-state index in [-0.39, 0.29) is 0 Å². The van der Waals surface area contributed by atoms with Gasteiger partial charge in [0.2, 0.25) is 0 Å². The van der Waals surface area contributed by atoms with Gasteiger partial charge in [-0.2, -0.15) is 10.2 Å². The van der Waals surface area contributed by atoms with Crippen LogP contribution in [0.5, 0.6) is 0 Å². The van der Waals surface area contributed by atoms with Crippen LogP contribution in [0, 0.1) is 6.92 Å². The Kier molecular flexibility index (Phi) is 4.47. The molecule has 2 heterocycles. The highest BCUT2D eigenvalue weighted by molar-refractivity contribution is 5.34. The number of hydrogen-bond donors (Lipinski definition) is 1. The molecule has 0 radical (unpaired) electrons. The molecule has 1 N–H and O–H groups in total. The molecule has 0 aromatic carbocycles. The minimum atomic E-state index is 0.397. The van der Waals surface area contributed by atoms with Gasteiger partial charge in [0.25, 0.3) is 0 Å². The fourth-order valence-corrected chi connectivity index (χ4v) is 2.20. The Labute approximate surface area is 121 Å². The zero-order valence-corrected chi connectivity index (χ0v) is 13.1. The fourth-order valence-electron chi connectivity index (χ4n) is 2.20. The van der Waals surface area contributed by atoms with E-state index in [9.17, 15) is 0 Å². The number of nitrogens with one attached hydrogen (secondary N) is 1. The molecule has 1 atom stereocenters. The molecule has 5 nitrogen and oxygen atoms in total. The summed E-state index contributed by atoms with van der Waals surface area (Å²) in [6, 6.07) is 2.86. The number of aromatic nitrogens is 4. The van der Waals surface area contributed by atoms with Crippen LogP contribution in [0.15, 0.2) is 18.5 Å². The zero-order valence-electron chi connectivity index (χ0n) is 13.1. The van der Waals surface area contributed by atoms with Crippen molar-refractivity contribution in [3.63, 3.8) is 0 Å². The molecule has 2 rings (SSSR count). The van der Waals surface area contributed by atoms with Gasteiger partial charge < -0.3 is 5.32 Å². The van der Waals surface area contributed by atoms with Gasteiger partial charge in [0, 0.05) is 42.1 Å². The van der Waals surface area contributed by atoms with Crippen molar-refractivity contribution in [1.29, 1.82) is 0 Å². The molecule has 0 aliphatic rings. The molecule has 0 unspecified atom stereocenters. The van der Waals surface area contributed by atoms with Crippen molar-refractivity contribution < 1.29 is 0 Å². The summed E-state index contributed by atoms with van der Waals surface area (Å²) in [5.74, 6) is 0.919. The lowest BCUT2D eigenvalue weighted by Crippen LogP contribution is -2.07. The van der Waals surface area contributed by atoms with Gasteiger partial charge in [-0.3, -0.25) is 9.36 Å². The summed E-state index contributed by atoms with van der Waals surface area (Å²) >= 11 is 0. The van der Waals surface area contributed by atoms with Crippen molar-refractivity contribution in [2.75, 3.05) is 5.32 Å². The van der Waals surface area contributed by atoms with E-state index in [1.54, 1.807) is 0 Å². The molecule has 0 fully saturated rings. The maximum atomic E-state index is 4.55. The van der Waals surface area contributed by atoms with Gasteiger partial charge in [-0.05, 0) is 34.1 Å². The summed E-state index contributed by atoms with van der Waals surface area (Å²) in [7, 11) is 0. The predicted molar refractivity (Wildman–Crippen MR) is 81.9 cm³/mol. The molecule has 0 bridgehead atoms. The van der Waals surface area contributed by atoms with E-state index < -0.39 is 0 Å². The van der Waals surface area contributed by atoms with Crippen molar-refractivity contribution in [2.45, 2.75) is 59.7 Å². The Hall–Kier alpha value is -1.78.